The number of rotatable bonds is 6. The first-order valence-corrected chi connectivity index (χ1v) is 8.01. The summed E-state index contributed by atoms with van der Waals surface area (Å²) in [5, 5.41) is 2.60. The Morgan fingerprint density at radius 1 is 1.10 bits per heavy atom. The average Bonchev–Trinajstić information content (AvgIpc) is 2.92. The Labute approximate surface area is 136 Å². The molecule has 0 aliphatic carbocycles. The van der Waals surface area contributed by atoms with Crippen molar-refractivity contribution in [3.8, 4) is 0 Å². The number of Topliss-reactive ketones (excluding diaryl/α,β-unsaturated/α-hetero) is 1. The molecule has 0 atom stereocenters. The summed E-state index contributed by atoms with van der Waals surface area (Å²) in [5.74, 6) is 0.0122. The van der Waals surface area contributed by atoms with Crippen molar-refractivity contribution in [3.63, 3.8) is 0 Å². The van der Waals surface area contributed by atoms with E-state index in [-0.39, 0.29) is 24.7 Å². The molecule has 1 N–H and O–H groups in total. The van der Waals surface area contributed by atoms with Crippen molar-refractivity contribution in [3.05, 3.63) is 56.7 Å². The Morgan fingerprint density at radius 2 is 1.81 bits per heavy atom. The standard InChI is InChI=1S/C15H13Cl2NO2S/c16-8-11-4-2-1-3-10(11)7-12(19)9-18-15(20)13-5-6-14(17)21-13/h1-6H,7-9H2,(H,18,20). The minimum Gasteiger partial charge on any atom is -0.344 e. The number of nitrogens with one attached hydrogen (secondary N) is 1. The predicted molar refractivity (Wildman–Crippen MR) is 86.4 cm³/mol. The van der Waals surface area contributed by atoms with Gasteiger partial charge in [-0.05, 0) is 23.3 Å². The number of benzene rings is 1. The number of thiophene rings is 1. The fourth-order valence-corrected chi connectivity index (χ4v) is 3.06. The predicted octanol–water partition coefficient (Wildman–Crippen LogP) is 3.68. The number of carbonyl (C=O) groups is 2. The van der Waals surface area contributed by atoms with Gasteiger partial charge >= 0.3 is 0 Å². The van der Waals surface area contributed by atoms with Crippen LogP contribution in [0.3, 0.4) is 0 Å². The highest BCUT2D eigenvalue weighted by atomic mass is 35.5. The second-order valence-corrected chi connectivity index (χ2v) is 6.39. The van der Waals surface area contributed by atoms with E-state index in [0.29, 0.717) is 15.1 Å². The van der Waals surface area contributed by atoms with Crippen molar-refractivity contribution in [1.82, 2.24) is 5.32 Å². The van der Waals surface area contributed by atoms with Gasteiger partial charge in [0.25, 0.3) is 5.91 Å². The lowest BCUT2D eigenvalue weighted by Crippen LogP contribution is -2.29. The van der Waals surface area contributed by atoms with Crippen LogP contribution in [0.4, 0.5) is 0 Å². The highest BCUT2D eigenvalue weighted by Gasteiger charge is 2.12. The molecule has 110 valence electrons. The molecular weight excluding hydrogens is 329 g/mol. The number of ketones is 1. The van der Waals surface area contributed by atoms with E-state index < -0.39 is 0 Å². The van der Waals surface area contributed by atoms with Crippen LogP contribution in [0.15, 0.2) is 36.4 Å². The molecule has 2 rings (SSSR count). The maximum absolute atomic E-state index is 11.9. The summed E-state index contributed by atoms with van der Waals surface area (Å²) in [6.07, 6.45) is 0.258. The van der Waals surface area contributed by atoms with Gasteiger partial charge in [0.15, 0.2) is 5.78 Å². The molecule has 0 fully saturated rings. The minimum absolute atomic E-state index is 0.00896. The van der Waals surface area contributed by atoms with Crippen molar-refractivity contribution >= 4 is 46.2 Å². The Morgan fingerprint density at radius 3 is 2.43 bits per heavy atom. The van der Waals surface area contributed by atoms with Crippen LogP contribution in [0.2, 0.25) is 4.34 Å². The molecule has 0 unspecified atom stereocenters. The molecule has 3 nitrogen and oxygen atoms in total. The summed E-state index contributed by atoms with van der Waals surface area (Å²) in [4.78, 5) is 24.2. The minimum atomic E-state index is -0.286. The van der Waals surface area contributed by atoms with E-state index in [1.54, 1.807) is 12.1 Å². The zero-order valence-corrected chi connectivity index (χ0v) is 13.4. The summed E-state index contributed by atoms with van der Waals surface area (Å²) < 4.78 is 0.544. The van der Waals surface area contributed by atoms with E-state index >= 15 is 0 Å². The van der Waals surface area contributed by atoms with E-state index in [9.17, 15) is 9.59 Å². The summed E-state index contributed by atoms with van der Waals surface area (Å²) in [6.45, 7) is -0.00896. The van der Waals surface area contributed by atoms with Crippen molar-refractivity contribution < 1.29 is 9.59 Å². The SMILES string of the molecule is O=C(CNC(=O)c1ccc(Cl)s1)Cc1ccccc1CCl. The topological polar surface area (TPSA) is 46.2 Å². The Bertz CT molecular complexity index is 655. The summed E-state index contributed by atoms with van der Waals surface area (Å²) >= 11 is 12.8. The van der Waals surface area contributed by atoms with Gasteiger partial charge in [-0.2, -0.15) is 0 Å². The molecule has 0 bridgehead atoms. The second kappa shape index (κ2) is 7.59. The van der Waals surface area contributed by atoms with Crippen LogP contribution in [0.1, 0.15) is 20.8 Å². The first kappa shape index (κ1) is 16.0. The molecule has 0 aliphatic heterocycles. The third-order valence-corrected chi connectivity index (χ3v) is 4.41. The van der Waals surface area contributed by atoms with E-state index in [0.717, 1.165) is 11.1 Å². The number of amides is 1. The van der Waals surface area contributed by atoms with Gasteiger partial charge in [0.2, 0.25) is 0 Å². The molecule has 1 heterocycles. The number of hydrogen-bond donors (Lipinski definition) is 1. The van der Waals surface area contributed by atoms with Gasteiger partial charge in [-0.15, -0.1) is 22.9 Å². The Balaban J connectivity index is 1.89. The van der Waals surface area contributed by atoms with Crippen LogP contribution in [0.5, 0.6) is 0 Å². The molecule has 0 aliphatic rings. The fourth-order valence-electron chi connectivity index (χ4n) is 1.84. The van der Waals surface area contributed by atoms with Gasteiger partial charge in [-0.25, -0.2) is 0 Å². The molecule has 21 heavy (non-hydrogen) atoms. The van der Waals surface area contributed by atoms with E-state index in [4.69, 9.17) is 23.2 Å². The molecule has 0 saturated heterocycles. The number of halogens is 2. The number of alkyl halides is 1. The number of carbonyl (C=O) groups excluding carboxylic acids is 2. The smallest absolute Gasteiger partial charge is 0.261 e. The van der Waals surface area contributed by atoms with E-state index in [1.807, 2.05) is 24.3 Å². The van der Waals surface area contributed by atoms with Crippen molar-refractivity contribution in [2.24, 2.45) is 0 Å². The zero-order chi connectivity index (χ0) is 15.2. The van der Waals surface area contributed by atoms with Gasteiger partial charge in [0.05, 0.1) is 15.8 Å². The monoisotopic (exact) mass is 341 g/mol. The largest absolute Gasteiger partial charge is 0.344 e. The summed E-state index contributed by atoms with van der Waals surface area (Å²) in [7, 11) is 0. The highest BCUT2D eigenvalue weighted by Crippen LogP contribution is 2.21. The molecule has 0 radical (unpaired) electrons. The van der Waals surface area contributed by atoms with E-state index in [1.165, 1.54) is 11.3 Å². The Kier molecular flexibility index (Phi) is 5.79. The molecule has 1 aromatic carbocycles. The third-order valence-electron chi connectivity index (χ3n) is 2.89. The fraction of sp³-hybridized carbons (Fsp3) is 0.200. The maximum Gasteiger partial charge on any atom is 0.261 e. The number of hydrogen-bond acceptors (Lipinski definition) is 3. The first-order chi connectivity index (χ1) is 10.1. The molecule has 0 saturated carbocycles. The average molecular weight is 342 g/mol. The highest BCUT2D eigenvalue weighted by molar-refractivity contribution is 7.18. The quantitative estimate of drug-likeness (QED) is 0.814. The molecule has 1 aromatic heterocycles. The third kappa shape index (κ3) is 4.56. The maximum atomic E-state index is 11.9. The van der Waals surface area contributed by atoms with Crippen molar-refractivity contribution in [2.75, 3.05) is 6.54 Å². The van der Waals surface area contributed by atoms with Crippen LogP contribution in [-0.4, -0.2) is 18.2 Å². The van der Waals surface area contributed by atoms with Gasteiger partial charge in [0.1, 0.15) is 0 Å². The lowest BCUT2D eigenvalue weighted by molar-refractivity contribution is -0.117. The summed E-state index contributed by atoms with van der Waals surface area (Å²) in [6, 6.07) is 10.8. The second-order valence-electron chi connectivity index (χ2n) is 4.40. The van der Waals surface area contributed by atoms with Crippen LogP contribution >= 0.6 is 34.5 Å². The normalized spacial score (nSPS) is 10.4. The van der Waals surface area contributed by atoms with Crippen molar-refractivity contribution in [1.29, 1.82) is 0 Å². The van der Waals surface area contributed by atoms with Gasteiger partial charge < -0.3 is 5.32 Å². The van der Waals surface area contributed by atoms with Gasteiger partial charge in [-0.3, -0.25) is 9.59 Å². The molecule has 0 spiro atoms. The lowest BCUT2D eigenvalue weighted by atomic mass is 10.0. The van der Waals surface area contributed by atoms with Gasteiger partial charge in [-0.1, -0.05) is 35.9 Å². The lowest BCUT2D eigenvalue weighted by Gasteiger charge is -2.07. The Hall–Kier alpha value is -1.36. The van der Waals surface area contributed by atoms with Crippen molar-refractivity contribution in [2.45, 2.75) is 12.3 Å². The van der Waals surface area contributed by atoms with Crippen LogP contribution < -0.4 is 5.32 Å². The molecule has 1 amide bonds. The van der Waals surface area contributed by atoms with Crippen LogP contribution in [-0.2, 0) is 17.1 Å². The van der Waals surface area contributed by atoms with Crippen LogP contribution in [0.25, 0.3) is 0 Å². The summed E-state index contributed by atoms with van der Waals surface area (Å²) in [5.41, 5.74) is 1.83. The van der Waals surface area contributed by atoms with E-state index in [2.05, 4.69) is 5.32 Å². The first-order valence-electron chi connectivity index (χ1n) is 6.28. The molecular formula is C15H13Cl2NO2S. The van der Waals surface area contributed by atoms with Gasteiger partial charge in [0, 0.05) is 12.3 Å². The molecule has 6 heteroatoms. The molecule has 2 aromatic rings. The van der Waals surface area contributed by atoms with Crippen LogP contribution in [0, 0.1) is 0 Å². The zero-order valence-electron chi connectivity index (χ0n) is 11.1.